The summed E-state index contributed by atoms with van der Waals surface area (Å²) in [5.74, 6) is 0.520. The number of nitrogens with zero attached hydrogens (tertiary/aromatic N) is 3. The quantitative estimate of drug-likeness (QED) is 0.845. The fraction of sp³-hybridized carbons (Fsp3) is 0.476. The maximum atomic E-state index is 11.6. The van der Waals surface area contributed by atoms with Crippen molar-refractivity contribution in [3.05, 3.63) is 53.7 Å². The van der Waals surface area contributed by atoms with Gasteiger partial charge in [-0.3, -0.25) is 4.79 Å². The number of carbonyl (C=O) groups is 1. The number of hydrogen-bond acceptors (Lipinski definition) is 6. The van der Waals surface area contributed by atoms with Crippen molar-refractivity contribution < 1.29 is 14.6 Å². The molecule has 0 radical (unpaired) electrons. The second-order valence-electron chi connectivity index (χ2n) is 7.64. The molecule has 2 atom stereocenters. The number of anilines is 1. The molecule has 0 saturated carbocycles. The number of amides is 1. The molecule has 28 heavy (non-hydrogen) atoms. The summed E-state index contributed by atoms with van der Waals surface area (Å²) in [6.07, 6.45) is 2.55. The van der Waals surface area contributed by atoms with Gasteiger partial charge in [0.2, 0.25) is 0 Å². The molecule has 148 valence electrons. The standard InChI is InChI=1S/C21H26N4O3/c1-22-20(27)17-7-8-19(24-23-17)25-11-9-21(10-12-25)14-16(26)13-18(28-21)15-5-3-2-4-6-15/h2-8,16,18,26H,9-14H2,1H3,(H,22,27)/t16-,18-/m1/s1. The van der Waals surface area contributed by atoms with Crippen molar-refractivity contribution in [1.29, 1.82) is 0 Å². The summed E-state index contributed by atoms with van der Waals surface area (Å²) < 4.78 is 6.55. The zero-order chi connectivity index (χ0) is 19.6. The highest BCUT2D eigenvalue weighted by Gasteiger charge is 2.43. The lowest BCUT2D eigenvalue weighted by molar-refractivity contribution is -0.173. The first kappa shape index (κ1) is 18.8. The van der Waals surface area contributed by atoms with Gasteiger partial charge in [-0.05, 0) is 30.5 Å². The van der Waals surface area contributed by atoms with E-state index < -0.39 is 0 Å². The van der Waals surface area contributed by atoms with Crippen LogP contribution in [0.1, 0.15) is 47.8 Å². The predicted molar refractivity (Wildman–Crippen MR) is 105 cm³/mol. The van der Waals surface area contributed by atoms with Gasteiger partial charge in [-0.2, -0.15) is 0 Å². The number of piperidine rings is 1. The summed E-state index contributed by atoms with van der Waals surface area (Å²) >= 11 is 0. The first-order valence-electron chi connectivity index (χ1n) is 9.80. The molecule has 1 amide bonds. The molecule has 4 rings (SSSR count). The van der Waals surface area contributed by atoms with E-state index in [0.717, 1.165) is 37.3 Å². The Kier molecular flexibility index (Phi) is 5.28. The number of rotatable bonds is 3. The monoisotopic (exact) mass is 382 g/mol. The van der Waals surface area contributed by atoms with E-state index in [1.54, 1.807) is 13.1 Å². The largest absolute Gasteiger partial charge is 0.393 e. The van der Waals surface area contributed by atoms with Crippen LogP contribution in [-0.2, 0) is 4.74 Å². The highest BCUT2D eigenvalue weighted by atomic mass is 16.5. The lowest BCUT2D eigenvalue weighted by atomic mass is 9.81. The van der Waals surface area contributed by atoms with Crippen molar-refractivity contribution in [3.63, 3.8) is 0 Å². The van der Waals surface area contributed by atoms with Gasteiger partial charge in [0.1, 0.15) is 0 Å². The Morgan fingerprint density at radius 1 is 1.18 bits per heavy atom. The minimum Gasteiger partial charge on any atom is -0.393 e. The molecule has 3 heterocycles. The van der Waals surface area contributed by atoms with E-state index in [4.69, 9.17) is 4.74 Å². The molecule has 7 heteroatoms. The van der Waals surface area contributed by atoms with Crippen LogP contribution < -0.4 is 10.2 Å². The molecule has 0 unspecified atom stereocenters. The van der Waals surface area contributed by atoms with Gasteiger partial charge in [-0.1, -0.05) is 30.3 Å². The Labute approximate surface area is 164 Å². The van der Waals surface area contributed by atoms with Crippen molar-refractivity contribution in [2.45, 2.75) is 43.5 Å². The number of aliphatic hydroxyl groups excluding tert-OH is 1. The molecule has 1 spiro atoms. The number of nitrogens with one attached hydrogen (secondary N) is 1. The van der Waals surface area contributed by atoms with Gasteiger partial charge in [0, 0.05) is 33.0 Å². The van der Waals surface area contributed by atoms with Crippen LogP contribution in [-0.4, -0.2) is 53.1 Å². The third-order valence-corrected chi connectivity index (χ3v) is 5.77. The van der Waals surface area contributed by atoms with E-state index in [9.17, 15) is 9.90 Å². The van der Waals surface area contributed by atoms with E-state index >= 15 is 0 Å². The maximum Gasteiger partial charge on any atom is 0.271 e. The van der Waals surface area contributed by atoms with Gasteiger partial charge in [0.15, 0.2) is 11.5 Å². The van der Waals surface area contributed by atoms with Crippen molar-refractivity contribution >= 4 is 11.7 Å². The fourth-order valence-corrected chi connectivity index (χ4v) is 4.24. The second-order valence-corrected chi connectivity index (χ2v) is 7.64. The molecule has 7 nitrogen and oxygen atoms in total. The average molecular weight is 382 g/mol. The molecule has 2 aliphatic heterocycles. The van der Waals surface area contributed by atoms with Crippen LogP contribution in [0.15, 0.2) is 42.5 Å². The predicted octanol–water partition coefficient (Wildman–Crippen LogP) is 2.09. The van der Waals surface area contributed by atoms with Crippen molar-refractivity contribution in [1.82, 2.24) is 15.5 Å². The second kappa shape index (κ2) is 7.85. The van der Waals surface area contributed by atoms with Crippen LogP contribution in [0.5, 0.6) is 0 Å². The molecule has 2 N–H and O–H groups in total. The minimum absolute atomic E-state index is 0.0665. The Morgan fingerprint density at radius 2 is 1.93 bits per heavy atom. The Hall–Kier alpha value is -2.51. The zero-order valence-electron chi connectivity index (χ0n) is 16.0. The normalized spacial score (nSPS) is 24.1. The maximum absolute atomic E-state index is 11.6. The first-order chi connectivity index (χ1) is 13.6. The summed E-state index contributed by atoms with van der Waals surface area (Å²) in [6.45, 7) is 1.56. The van der Waals surface area contributed by atoms with Gasteiger partial charge in [0.05, 0.1) is 17.8 Å². The number of aliphatic hydroxyl groups is 1. The Balaban J connectivity index is 1.43. The summed E-state index contributed by atoms with van der Waals surface area (Å²) in [5, 5.41) is 21.3. The fourth-order valence-electron chi connectivity index (χ4n) is 4.24. The summed E-state index contributed by atoms with van der Waals surface area (Å²) in [6, 6.07) is 13.7. The van der Waals surface area contributed by atoms with Gasteiger partial charge in [-0.15, -0.1) is 10.2 Å². The van der Waals surface area contributed by atoms with Crippen molar-refractivity contribution in [2.24, 2.45) is 0 Å². The zero-order valence-corrected chi connectivity index (χ0v) is 16.0. The summed E-state index contributed by atoms with van der Waals surface area (Å²) in [7, 11) is 1.57. The molecule has 2 aliphatic rings. The number of benzene rings is 1. The van der Waals surface area contributed by atoms with Crippen LogP contribution in [0, 0.1) is 0 Å². The topological polar surface area (TPSA) is 87.6 Å². The highest BCUT2D eigenvalue weighted by molar-refractivity contribution is 5.91. The SMILES string of the molecule is CNC(=O)c1ccc(N2CCC3(CC2)C[C@H](O)C[C@H](c2ccccc2)O3)nn1. The molecule has 1 aromatic heterocycles. The third-order valence-electron chi connectivity index (χ3n) is 5.77. The van der Waals surface area contributed by atoms with Crippen LogP contribution in [0.3, 0.4) is 0 Å². The average Bonchev–Trinajstić information content (AvgIpc) is 2.74. The number of ether oxygens (including phenoxy) is 1. The molecule has 0 aliphatic carbocycles. The number of aromatic nitrogens is 2. The third kappa shape index (κ3) is 3.86. The van der Waals surface area contributed by atoms with Gasteiger partial charge >= 0.3 is 0 Å². The first-order valence-corrected chi connectivity index (χ1v) is 9.80. The molecular weight excluding hydrogens is 356 g/mol. The molecule has 2 fully saturated rings. The summed E-state index contributed by atoms with van der Waals surface area (Å²) in [4.78, 5) is 13.8. The number of carbonyl (C=O) groups excluding carboxylic acids is 1. The Morgan fingerprint density at radius 3 is 2.57 bits per heavy atom. The van der Waals surface area contributed by atoms with Crippen molar-refractivity contribution in [3.8, 4) is 0 Å². The summed E-state index contributed by atoms with van der Waals surface area (Å²) in [5.41, 5.74) is 1.13. The van der Waals surface area contributed by atoms with E-state index in [0.29, 0.717) is 18.5 Å². The van der Waals surface area contributed by atoms with Gasteiger partial charge < -0.3 is 20.1 Å². The molecule has 0 bridgehead atoms. The number of hydrogen-bond donors (Lipinski definition) is 2. The molecular formula is C21H26N4O3. The lowest BCUT2D eigenvalue weighted by Gasteiger charge is -2.48. The molecule has 2 aromatic rings. The van der Waals surface area contributed by atoms with E-state index in [1.807, 2.05) is 24.3 Å². The van der Waals surface area contributed by atoms with E-state index in [-0.39, 0.29) is 23.7 Å². The van der Waals surface area contributed by atoms with Gasteiger partial charge in [0.25, 0.3) is 5.91 Å². The van der Waals surface area contributed by atoms with Crippen LogP contribution >= 0.6 is 0 Å². The Bertz CT molecular complexity index is 804. The smallest absolute Gasteiger partial charge is 0.271 e. The van der Waals surface area contributed by atoms with E-state index in [1.165, 1.54) is 0 Å². The lowest BCUT2D eigenvalue weighted by Crippen LogP contribution is -2.51. The highest BCUT2D eigenvalue weighted by Crippen LogP contribution is 2.43. The van der Waals surface area contributed by atoms with Crippen molar-refractivity contribution in [2.75, 3.05) is 25.0 Å². The van der Waals surface area contributed by atoms with Gasteiger partial charge in [-0.25, -0.2) is 0 Å². The van der Waals surface area contributed by atoms with Crippen LogP contribution in [0.4, 0.5) is 5.82 Å². The minimum atomic E-state index is -0.350. The van der Waals surface area contributed by atoms with E-state index in [2.05, 4.69) is 32.5 Å². The molecule has 1 aromatic carbocycles. The molecule has 2 saturated heterocycles. The van der Waals surface area contributed by atoms with Crippen LogP contribution in [0.2, 0.25) is 0 Å². The van der Waals surface area contributed by atoms with Crippen LogP contribution in [0.25, 0.3) is 0 Å².